The summed E-state index contributed by atoms with van der Waals surface area (Å²) < 4.78 is 0. The number of anilines is 1. The summed E-state index contributed by atoms with van der Waals surface area (Å²) in [5.41, 5.74) is 3.47. The van der Waals surface area contributed by atoms with E-state index < -0.39 is 17.8 Å². The van der Waals surface area contributed by atoms with Crippen molar-refractivity contribution in [2.24, 2.45) is 23.7 Å². The number of allylic oxidation sites excluding steroid dienone is 2. The Morgan fingerprint density at radius 3 is 2.00 bits per heavy atom. The predicted octanol–water partition coefficient (Wildman–Crippen LogP) is 3.52. The molecule has 2 aliphatic carbocycles. The number of ketones is 1. The van der Waals surface area contributed by atoms with Crippen molar-refractivity contribution in [2.75, 3.05) is 5.32 Å². The molecule has 0 aromatic heterocycles. The maximum atomic E-state index is 12.8. The third-order valence-electron chi connectivity index (χ3n) is 5.57. The van der Waals surface area contributed by atoms with Crippen LogP contribution in [0.2, 0.25) is 0 Å². The second-order valence-corrected chi connectivity index (χ2v) is 7.26. The highest BCUT2D eigenvalue weighted by atomic mass is 16.4. The van der Waals surface area contributed by atoms with Gasteiger partial charge in [0.2, 0.25) is 5.91 Å². The van der Waals surface area contributed by atoms with Crippen molar-refractivity contribution in [2.45, 2.75) is 33.6 Å². The number of aliphatic carboxylic acids is 1. The Kier molecular flexibility index (Phi) is 4.50. The first-order valence-corrected chi connectivity index (χ1v) is 8.63. The van der Waals surface area contributed by atoms with Gasteiger partial charge < -0.3 is 10.4 Å². The number of amides is 1. The van der Waals surface area contributed by atoms with Crippen LogP contribution in [0.25, 0.3) is 0 Å². The fraction of sp³-hybridized carbons (Fsp3) is 0.450. The first kappa shape index (κ1) is 17.4. The van der Waals surface area contributed by atoms with E-state index in [4.69, 9.17) is 0 Å². The number of carboxylic acid groups (broad SMARTS) is 1. The van der Waals surface area contributed by atoms with Crippen LogP contribution in [0, 0.1) is 23.7 Å². The second-order valence-electron chi connectivity index (χ2n) is 7.26. The van der Waals surface area contributed by atoms with Crippen LogP contribution in [0.5, 0.6) is 0 Å². The predicted molar refractivity (Wildman–Crippen MR) is 94.3 cm³/mol. The van der Waals surface area contributed by atoms with Crippen LogP contribution in [0.15, 0.2) is 35.4 Å². The van der Waals surface area contributed by atoms with Gasteiger partial charge in [0, 0.05) is 11.3 Å². The Bertz CT molecular complexity index is 758. The van der Waals surface area contributed by atoms with Gasteiger partial charge in [-0.1, -0.05) is 11.1 Å². The molecule has 5 nitrogen and oxygen atoms in total. The van der Waals surface area contributed by atoms with Gasteiger partial charge in [-0.2, -0.15) is 0 Å². The fourth-order valence-electron chi connectivity index (χ4n) is 4.62. The average Bonchev–Trinajstić information content (AvgIpc) is 3.11. The molecule has 1 amide bonds. The third kappa shape index (κ3) is 2.99. The van der Waals surface area contributed by atoms with Crippen LogP contribution in [0.1, 0.15) is 44.0 Å². The lowest BCUT2D eigenvalue weighted by molar-refractivity contribution is -0.148. The van der Waals surface area contributed by atoms with E-state index in [0.29, 0.717) is 11.3 Å². The Hall–Kier alpha value is -2.43. The summed E-state index contributed by atoms with van der Waals surface area (Å²) in [6.45, 7) is 5.49. The zero-order chi connectivity index (χ0) is 18.3. The molecular formula is C20H23NO4. The highest BCUT2D eigenvalue weighted by molar-refractivity contribution is 5.98. The first-order valence-electron chi connectivity index (χ1n) is 8.63. The summed E-state index contributed by atoms with van der Waals surface area (Å²) in [5, 5.41) is 12.5. The van der Waals surface area contributed by atoms with Crippen LogP contribution in [-0.2, 0) is 9.59 Å². The molecule has 0 radical (unpaired) electrons. The Balaban J connectivity index is 1.84. The average molecular weight is 341 g/mol. The van der Waals surface area contributed by atoms with E-state index in [1.165, 1.54) is 12.5 Å². The smallest absolute Gasteiger partial charge is 0.307 e. The van der Waals surface area contributed by atoms with E-state index in [9.17, 15) is 19.5 Å². The number of benzene rings is 1. The number of hydrogen-bond acceptors (Lipinski definition) is 3. The minimum absolute atomic E-state index is 0.0209. The number of rotatable bonds is 4. The minimum atomic E-state index is -0.891. The highest BCUT2D eigenvalue weighted by Gasteiger charge is 2.57. The van der Waals surface area contributed by atoms with Crippen molar-refractivity contribution in [1.29, 1.82) is 0 Å². The monoisotopic (exact) mass is 341 g/mol. The van der Waals surface area contributed by atoms with Gasteiger partial charge in [0.25, 0.3) is 0 Å². The van der Waals surface area contributed by atoms with Crippen LogP contribution in [0.4, 0.5) is 5.69 Å². The van der Waals surface area contributed by atoms with Gasteiger partial charge in [0.1, 0.15) is 0 Å². The van der Waals surface area contributed by atoms with Gasteiger partial charge in [-0.15, -0.1) is 0 Å². The molecule has 132 valence electrons. The third-order valence-corrected chi connectivity index (χ3v) is 5.57. The number of fused-ring (bicyclic) bond motifs is 2. The molecule has 0 saturated heterocycles. The molecule has 0 heterocycles. The number of hydrogen-bond donors (Lipinski definition) is 2. The van der Waals surface area contributed by atoms with Crippen molar-refractivity contribution in [3.63, 3.8) is 0 Å². The summed E-state index contributed by atoms with van der Waals surface area (Å²) in [4.78, 5) is 36.0. The molecule has 2 fully saturated rings. The quantitative estimate of drug-likeness (QED) is 0.648. The number of carboxylic acids is 1. The fourth-order valence-corrected chi connectivity index (χ4v) is 4.62. The van der Waals surface area contributed by atoms with Gasteiger partial charge in [-0.25, -0.2) is 0 Å². The summed E-state index contributed by atoms with van der Waals surface area (Å²) in [5.74, 6) is -2.36. The van der Waals surface area contributed by atoms with Gasteiger partial charge in [0.05, 0.1) is 11.8 Å². The molecule has 2 N–H and O–H groups in total. The Labute approximate surface area is 147 Å². The summed E-state index contributed by atoms with van der Waals surface area (Å²) in [6, 6.07) is 6.68. The van der Waals surface area contributed by atoms with Crippen molar-refractivity contribution in [1.82, 2.24) is 0 Å². The van der Waals surface area contributed by atoms with Crippen LogP contribution < -0.4 is 5.32 Å². The van der Waals surface area contributed by atoms with Gasteiger partial charge >= 0.3 is 5.97 Å². The lowest BCUT2D eigenvalue weighted by atomic mass is 9.78. The summed E-state index contributed by atoms with van der Waals surface area (Å²) >= 11 is 0. The van der Waals surface area contributed by atoms with Gasteiger partial charge in [-0.05, 0) is 69.7 Å². The largest absolute Gasteiger partial charge is 0.481 e. The molecular weight excluding hydrogens is 318 g/mol. The van der Waals surface area contributed by atoms with E-state index in [1.54, 1.807) is 24.3 Å². The zero-order valence-corrected chi connectivity index (χ0v) is 14.7. The molecule has 4 unspecified atom stereocenters. The number of Topliss-reactive ketones (excluding diaryl/α,β-unsaturated/α-hetero) is 1. The van der Waals surface area contributed by atoms with E-state index in [1.807, 2.05) is 13.8 Å². The van der Waals surface area contributed by atoms with E-state index >= 15 is 0 Å². The molecule has 25 heavy (non-hydrogen) atoms. The molecule has 2 bridgehead atoms. The van der Waals surface area contributed by atoms with Crippen LogP contribution >= 0.6 is 0 Å². The van der Waals surface area contributed by atoms with Crippen molar-refractivity contribution < 1.29 is 19.5 Å². The van der Waals surface area contributed by atoms with E-state index in [2.05, 4.69) is 5.32 Å². The van der Waals surface area contributed by atoms with Gasteiger partial charge in [0.15, 0.2) is 5.78 Å². The molecule has 5 heteroatoms. The van der Waals surface area contributed by atoms with Crippen molar-refractivity contribution in [3.8, 4) is 0 Å². The maximum Gasteiger partial charge on any atom is 0.307 e. The molecule has 2 aliphatic rings. The molecule has 0 spiro atoms. The normalized spacial score (nSPS) is 27.2. The first-order chi connectivity index (χ1) is 11.8. The summed E-state index contributed by atoms with van der Waals surface area (Å²) in [6.07, 6.45) is 1.72. The van der Waals surface area contributed by atoms with Crippen molar-refractivity contribution in [3.05, 3.63) is 41.0 Å². The number of carbonyl (C=O) groups is 3. The number of nitrogens with one attached hydrogen (secondary N) is 1. The molecule has 4 atom stereocenters. The van der Waals surface area contributed by atoms with Crippen molar-refractivity contribution >= 4 is 23.3 Å². The molecule has 1 aromatic carbocycles. The molecule has 2 saturated carbocycles. The number of carbonyl (C=O) groups excluding carboxylic acids is 2. The molecule has 3 rings (SSSR count). The maximum absolute atomic E-state index is 12.8. The topological polar surface area (TPSA) is 83.5 Å². The van der Waals surface area contributed by atoms with Gasteiger partial charge in [-0.3, -0.25) is 14.4 Å². The summed E-state index contributed by atoms with van der Waals surface area (Å²) in [7, 11) is 0. The standard InChI is InChI=1S/C20H23NO4/c1-10(2)16-14-8-9-15(16)18(20(24)25)17(14)19(23)21-13-6-4-12(5-7-13)11(3)22/h4-7,14-15,17-18H,8-9H2,1-3H3,(H,21,23)(H,24,25). The van der Waals surface area contributed by atoms with E-state index in [0.717, 1.165) is 18.4 Å². The zero-order valence-electron chi connectivity index (χ0n) is 14.7. The van der Waals surface area contributed by atoms with E-state index in [-0.39, 0.29) is 23.5 Å². The SMILES string of the molecule is CC(=O)c1ccc(NC(=O)C2C3CCC(C3=C(C)C)C2C(=O)O)cc1. The lowest BCUT2D eigenvalue weighted by Crippen LogP contribution is -2.37. The van der Waals surface area contributed by atoms with Crippen LogP contribution in [-0.4, -0.2) is 22.8 Å². The highest BCUT2D eigenvalue weighted by Crippen LogP contribution is 2.57. The minimum Gasteiger partial charge on any atom is -0.481 e. The Morgan fingerprint density at radius 1 is 0.960 bits per heavy atom. The Morgan fingerprint density at radius 2 is 1.52 bits per heavy atom. The second kappa shape index (κ2) is 6.47. The lowest BCUT2D eigenvalue weighted by Gasteiger charge is -2.26. The molecule has 0 aliphatic heterocycles. The molecule has 1 aromatic rings. The van der Waals surface area contributed by atoms with Crippen LogP contribution in [0.3, 0.4) is 0 Å².